The van der Waals surface area contributed by atoms with Gasteiger partial charge >= 0.3 is 0 Å². The molecule has 8 nitrogen and oxygen atoms in total. The molecule has 0 bridgehead atoms. The maximum absolute atomic E-state index is 9.69. The summed E-state index contributed by atoms with van der Waals surface area (Å²) in [5.41, 5.74) is 4.40. The van der Waals surface area contributed by atoms with Crippen LogP contribution in [0.2, 0.25) is 0 Å². The van der Waals surface area contributed by atoms with Crippen LogP contribution in [0.25, 0.3) is 44.8 Å². The van der Waals surface area contributed by atoms with Crippen molar-refractivity contribution in [2.45, 2.75) is 0 Å². The molecular weight excluding hydrogens is 384 g/mol. The number of H-pyrrole nitrogens is 2. The molecule has 0 aliphatic heterocycles. The summed E-state index contributed by atoms with van der Waals surface area (Å²) < 4.78 is 5.77. The molecule has 0 aliphatic carbocycles. The molecule has 5 N–H and O–H groups in total. The van der Waals surface area contributed by atoms with Crippen molar-refractivity contribution in [3.05, 3.63) is 54.6 Å². The minimum Gasteiger partial charge on any atom is -0.508 e. The zero-order valence-corrected chi connectivity index (χ0v) is 15.8. The van der Waals surface area contributed by atoms with Gasteiger partial charge in [-0.05, 0) is 36.4 Å². The molecule has 5 aromatic rings. The first-order valence-electron chi connectivity index (χ1n) is 9.36. The SMILES string of the molecule is OCCOc1cc(-c2nc3ccc(O)cc3[nH]2)ccc1-c1nc2ccc(O)cc2[nH]1. The van der Waals surface area contributed by atoms with Crippen LogP contribution in [0.3, 0.4) is 0 Å². The third kappa shape index (κ3) is 3.19. The van der Waals surface area contributed by atoms with E-state index in [4.69, 9.17) is 4.74 Å². The van der Waals surface area contributed by atoms with Crippen LogP contribution in [0.15, 0.2) is 54.6 Å². The predicted octanol–water partition coefficient (Wildman–Crippen LogP) is 3.56. The summed E-state index contributed by atoms with van der Waals surface area (Å²) in [7, 11) is 0. The number of aromatic nitrogens is 4. The Labute approximate surface area is 170 Å². The molecule has 0 aliphatic rings. The van der Waals surface area contributed by atoms with Gasteiger partial charge in [-0.2, -0.15) is 0 Å². The molecule has 0 atom stereocenters. The van der Waals surface area contributed by atoms with E-state index in [1.54, 1.807) is 36.4 Å². The van der Waals surface area contributed by atoms with E-state index >= 15 is 0 Å². The van der Waals surface area contributed by atoms with Gasteiger partial charge in [0.1, 0.15) is 35.5 Å². The number of nitrogens with one attached hydrogen (secondary N) is 2. The van der Waals surface area contributed by atoms with E-state index in [9.17, 15) is 15.3 Å². The van der Waals surface area contributed by atoms with Gasteiger partial charge in [0.05, 0.1) is 34.2 Å². The van der Waals surface area contributed by atoms with Crippen molar-refractivity contribution in [3.8, 4) is 40.0 Å². The second-order valence-corrected chi connectivity index (χ2v) is 6.86. The van der Waals surface area contributed by atoms with Gasteiger partial charge in [0.25, 0.3) is 0 Å². The molecule has 0 fully saturated rings. The van der Waals surface area contributed by atoms with Gasteiger partial charge in [0.2, 0.25) is 0 Å². The number of phenolic OH excluding ortho intramolecular Hbond substituents is 2. The van der Waals surface area contributed by atoms with Crippen molar-refractivity contribution < 1.29 is 20.1 Å². The number of ether oxygens (including phenoxy) is 1. The van der Waals surface area contributed by atoms with Crippen LogP contribution in [0.5, 0.6) is 17.2 Å². The van der Waals surface area contributed by atoms with Crippen LogP contribution in [-0.4, -0.2) is 48.5 Å². The zero-order chi connectivity index (χ0) is 20.7. The Bertz CT molecular complexity index is 1370. The highest BCUT2D eigenvalue weighted by molar-refractivity contribution is 5.84. The van der Waals surface area contributed by atoms with Crippen molar-refractivity contribution in [2.75, 3.05) is 13.2 Å². The summed E-state index contributed by atoms with van der Waals surface area (Å²) in [5.74, 6) is 2.07. The van der Waals surface area contributed by atoms with Gasteiger partial charge in [-0.1, -0.05) is 6.07 Å². The fraction of sp³-hybridized carbons (Fsp3) is 0.0909. The van der Waals surface area contributed by atoms with Gasteiger partial charge in [-0.3, -0.25) is 0 Å². The lowest BCUT2D eigenvalue weighted by Crippen LogP contribution is -2.03. The van der Waals surface area contributed by atoms with Crippen LogP contribution in [-0.2, 0) is 0 Å². The fourth-order valence-electron chi connectivity index (χ4n) is 3.40. The third-order valence-corrected chi connectivity index (χ3v) is 4.79. The van der Waals surface area contributed by atoms with Crippen LogP contribution in [0.4, 0.5) is 0 Å². The van der Waals surface area contributed by atoms with E-state index in [0.717, 1.165) is 27.7 Å². The Morgan fingerprint density at radius 3 is 2.07 bits per heavy atom. The van der Waals surface area contributed by atoms with Gasteiger partial charge in [0.15, 0.2) is 0 Å². The summed E-state index contributed by atoms with van der Waals surface area (Å²) in [4.78, 5) is 15.5. The maximum Gasteiger partial charge on any atom is 0.142 e. The molecule has 0 saturated carbocycles. The van der Waals surface area contributed by atoms with Crippen molar-refractivity contribution in [2.24, 2.45) is 0 Å². The summed E-state index contributed by atoms with van der Waals surface area (Å²) in [5, 5.41) is 28.6. The van der Waals surface area contributed by atoms with Gasteiger partial charge < -0.3 is 30.0 Å². The van der Waals surface area contributed by atoms with E-state index in [-0.39, 0.29) is 24.7 Å². The minimum absolute atomic E-state index is 0.123. The van der Waals surface area contributed by atoms with Gasteiger partial charge in [-0.25, -0.2) is 9.97 Å². The number of hydrogen-bond donors (Lipinski definition) is 5. The first-order chi connectivity index (χ1) is 14.6. The Morgan fingerprint density at radius 1 is 0.767 bits per heavy atom. The summed E-state index contributed by atoms with van der Waals surface area (Å²) >= 11 is 0. The summed E-state index contributed by atoms with van der Waals surface area (Å²) in [6, 6.07) is 15.5. The highest BCUT2D eigenvalue weighted by atomic mass is 16.5. The van der Waals surface area contributed by atoms with Crippen LogP contribution in [0.1, 0.15) is 0 Å². The second kappa shape index (κ2) is 7.09. The van der Waals surface area contributed by atoms with Crippen LogP contribution in [0, 0.1) is 0 Å². The van der Waals surface area contributed by atoms with Crippen molar-refractivity contribution in [1.29, 1.82) is 0 Å². The Kier molecular flexibility index (Phi) is 4.26. The molecule has 3 aromatic carbocycles. The number of phenols is 2. The van der Waals surface area contributed by atoms with Crippen molar-refractivity contribution >= 4 is 22.1 Å². The number of aliphatic hydroxyl groups is 1. The van der Waals surface area contributed by atoms with Gasteiger partial charge in [0, 0.05) is 17.7 Å². The van der Waals surface area contributed by atoms with E-state index in [2.05, 4.69) is 19.9 Å². The number of aromatic hydroxyl groups is 2. The van der Waals surface area contributed by atoms with Gasteiger partial charge in [-0.15, -0.1) is 0 Å². The number of rotatable bonds is 5. The number of imidazole rings is 2. The maximum atomic E-state index is 9.69. The van der Waals surface area contributed by atoms with Crippen molar-refractivity contribution in [3.63, 3.8) is 0 Å². The average molecular weight is 402 g/mol. The molecule has 0 amide bonds. The number of aliphatic hydroxyl groups excluding tert-OH is 1. The highest BCUT2D eigenvalue weighted by Crippen LogP contribution is 2.34. The molecule has 0 spiro atoms. The summed E-state index contributed by atoms with van der Waals surface area (Å²) in [6.45, 7) is 0.00700. The topological polar surface area (TPSA) is 127 Å². The lowest BCUT2D eigenvalue weighted by atomic mass is 10.1. The van der Waals surface area contributed by atoms with Crippen LogP contribution >= 0.6 is 0 Å². The normalized spacial score (nSPS) is 11.4. The standard InChI is InChI=1S/C22H18N4O4/c27-7-8-30-20-9-12(21-23-16-5-2-13(28)10-18(16)25-21)1-4-15(20)22-24-17-6-3-14(29)11-19(17)26-22/h1-6,9-11,27-29H,7-8H2,(H,23,25)(H,24,26). The number of nitrogens with zero attached hydrogens (tertiary/aromatic N) is 2. The van der Waals surface area contributed by atoms with E-state index in [0.29, 0.717) is 22.9 Å². The molecular formula is C22H18N4O4. The Hall–Kier alpha value is -4.04. The average Bonchev–Trinajstić information content (AvgIpc) is 3.35. The quantitative estimate of drug-likeness (QED) is 0.306. The largest absolute Gasteiger partial charge is 0.508 e. The van der Waals surface area contributed by atoms with Crippen LogP contribution < -0.4 is 4.74 Å². The second-order valence-electron chi connectivity index (χ2n) is 6.86. The smallest absolute Gasteiger partial charge is 0.142 e. The molecule has 150 valence electrons. The Balaban J connectivity index is 1.60. The lowest BCUT2D eigenvalue weighted by molar-refractivity contribution is 0.202. The summed E-state index contributed by atoms with van der Waals surface area (Å²) in [6.07, 6.45) is 0. The number of hydrogen-bond acceptors (Lipinski definition) is 6. The highest BCUT2D eigenvalue weighted by Gasteiger charge is 2.15. The van der Waals surface area contributed by atoms with E-state index in [1.807, 2.05) is 18.2 Å². The minimum atomic E-state index is -0.123. The molecule has 8 heteroatoms. The number of benzene rings is 3. The third-order valence-electron chi connectivity index (χ3n) is 4.79. The molecule has 0 radical (unpaired) electrons. The molecule has 2 aromatic heterocycles. The monoisotopic (exact) mass is 402 g/mol. The first kappa shape index (κ1) is 18.0. The van der Waals surface area contributed by atoms with E-state index < -0.39 is 0 Å². The van der Waals surface area contributed by atoms with Crippen molar-refractivity contribution in [1.82, 2.24) is 19.9 Å². The predicted molar refractivity (Wildman–Crippen MR) is 113 cm³/mol. The molecule has 0 unspecified atom stereocenters. The van der Waals surface area contributed by atoms with E-state index in [1.165, 1.54) is 0 Å². The first-order valence-corrected chi connectivity index (χ1v) is 9.36. The fourth-order valence-corrected chi connectivity index (χ4v) is 3.40. The lowest BCUT2D eigenvalue weighted by Gasteiger charge is -2.10. The molecule has 5 rings (SSSR count). The number of fused-ring (bicyclic) bond motifs is 2. The number of aromatic amines is 2. The Morgan fingerprint density at radius 2 is 1.40 bits per heavy atom. The molecule has 0 saturated heterocycles. The zero-order valence-electron chi connectivity index (χ0n) is 15.8. The molecule has 30 heavy (non-hydrogen) atoms. The molecule has 2 heterocycles.